The monoisotopic (exact) mass is 378 g/mol. The minimum absolute atomic E-state index is 0.0299. The van der Waals surface area contributed by atoms with Gasteiger partial charge in [0.15, 0.2) is 0 Å². The number of carbonyl (C=O) groups is 2. The Morgan fingerprint density at radius 3 is 2.32 bits per heavy atom. The molecule has 2 aromatic carbocycles. The Morgan fingerprint density at radius 1 is 1.08 bits per heavy atom. The Kier molecular flexibility index (Phi) is 6.45. The molecule has 6 heteroatoms. The lowest BCUT2D eigenvalue weighted by atomic mass is 10.1. The molecule has 2 amide bonds. The zero-order valence-electron chi connectivity index (χ0n) is 14.4. The molecule has 0 aliphatic heterocycles. The number of hydrogen-bond donors (Lipinski definition) is 1. The summed E-state index contributed by atoms with van der Waals surface area (Å²) in [5.74, 6) is -0.434. The number of rotatable bonds is 5. The van der Waals surface area contributed by atoms with Gasteiger partial charge in [-0.2, -0.15) is 0 Å². The van der Waals surface area contributed by atoms with Gasteiger partial charge >= 0.3 is 0 Å². The molecular weight excluding hydrogens is 359 g/mol. The second kappa shape index (κ2) is 8.37. The van der Waals surface area contributed by atoms with Gasteiger partial charge in [-0.05, 0) is 42.7 Å². The fourth-order valence-electron chi connectivity index (χ4n) is 2.46. The highest BCUT2D eigenvalue weighted by Crippen LogP contribution is 2.22. The topological polar surface area (TPSA) is 49.4 Å². The minimum atomic E-state index is -0.240. The SMILES string of the molecule is Cc1cccc(C)c1NC(=O)CN(C)C(=O)Cc1ccc(Cl)cc1Cl. The average Bonchev–Trinajstić information content (AvgIpc) is 2.53. The molecule has 1 N–H and O–H groups in total. The summed E-state index contributed by atoms with van der Waals surface area (Å²) in [5.41, 5.74) is 3.43. The van der Waals surface area contributed by atoms with E-state index in [-0.39, 0.29) is 24.8 Å². The van der Waals surface area contributed by atoms with E-state index < -0.39 is 0 Å². The predicted molar refractivity (Wildman–Crippen MR) is 102 cm³/mol. The third-order valence-corrected chi connectivity index (χ3v) is 4.50. The van der Waals surface area contributed by atoms with E-state index in [1.807, 2.05) is 32.0 Å². The molecule has 132 valence electrons. The Balaban J connectivity index is 1.97. The van der Waals surface area contributed by atoms with Gasteiger partial charge in [0.2, 0.25) is 11.8 Å². The van der Waals surface area contributed by atoms with Crippen molar-refractivity contribution in [2.24, 2.45) is 0 Å². The molecule has 0 aliphatic rings. The summed E-state index contributed by atoms with van der Waals surface area (Å²) in [5, 5.41) is 3.83. The van der Waals surface area contributed by atoms with Crippen LogP contribution < -0.4 is 5.32 Å². The van der Waals surface area contributed by atoms with Crippen LogP contribution in [0.5, 0.6) is 0 Å². The Bertz CT molecular complexity index is 786. The number of para-hydroxylation sites is 1. The highest BCUT2D eigenvalue weighted by Gasteiger charge is 2.16. The van der Waals surface area contributed by atoms with Crippen LogP contribution in [0.3, 0.4) is 0 Å². The number of carbonyl (C=O) groups excluding carboxylic acids is 2. The van der Waals surface area contributed by atoms with Gasteiger partial charge in [0.1, 0.15) is 0 Å². The lowest BCUT2D eigenvalue weighted by Crippen LogP contribution is -2.36. The van der Waals surface area contributed by atoms with Gasteiger partial charge in [0.25, 0.3) is 0 Å². The van der Waals surface area contributed by atoms with Crippen molar-refractivity contribution in [1.82, 2.24) is 4.90 Å². The zero-order chi connectivity index (χ0) is 18.6. The van der Waals surface area contributed by atoms with Crippen molar-refractivity contribution in [1.29, 1.82) is 0 Å². The van der Waals surface area contributed by atoms with Crippen LogP contribution in [0.1, 0.15) is 16.7 Å². The van der Waals surface area contributed by atoms with Crippen LogP contribution in [0.15, 0.2) is 36.4 Å². The average molecular weight is 379 g/mol. The highest BCUT2D eigenvalue weighted by molar-refractivity contribution is 6.35. The van der Waals surface area contributed by atoms with Gasteiger partial charge in [0.05, 0.1) is 13.0 Å². The molecule has 0 aromatic heterocycles. The van der Waals surface area contributed by atoms with E-state index in [0.717, 1.165) is 16.8 Å². The van der Waals surface area contributed by atoms with Gasteiger partial charge in [0, 0.05) is 22.8 Å². The number of aryl methyl sites for hydroxylation is 2. The van der Waals surface area contributed by atoms with Crippen molar-refractivity contribution in [3.05, 3.63) is 63.1 Å². The van der Waals surface area contributed by atoms with E-state index >= 15 is 0 Å². The van der Waals surface area contributed by atoms with E-state index in [0.29, 0.717) is 15.6 Å². The molecule has 4 nitrogen and oxygen atoms in total. The first-order chi connectivity index (χ1) is 11.8. The van der Waals surface area contributed by atoms with Gasteiger partial charge in [-0.15, -0.1) is 0 Å². The van der Waals surface area contributed by atoms with Crippen molar-refractivity contribution in [3.63, 3.8) is 0 Å². The summed E-state index contributed by atoms with van der Waals surface area (Å²) in [6.07, 6.45) is 0.114. The summed E-state index contributed by atoms with van der Waals surface area (Å²) in [7, 11) is 1.59. The molecule has 0 aliphatic carbocycles. The standard InChI is InChI=1S/C19H20Cl2N2O2/c1-12-5-4-6-13(2)19(12)22-17(24)11-23(3)18(25)9-14-7-8-15(20)10-16(14)21/h4-8,10H,9,11H2,1-3H3,(H,22,24). The summed E-state index contributed by atoms with van der Waals surface area (Å²) < 4.78 is 0. The second-order valence-electron chi connectivity index (χ2n) is 5.98. The van der Waals surface area contributed by atoms with E-state index in [9.17, 15) is 9.59 Å². The van der Waals surface area contributed by atoms with Crippen LogP contribution in [0, 0.1) is 13.8 Å². The molecule has 0 heterocycles. The third-order valence-electron chi connectivity index (χ3n) is 3.91. The first-order valence-electron chi connectivity index (χ1n) is 7.82. The second-order valence-corrected chi connectivity index (χ2v) is 6.82. The number of nitrogens with zero attached hydrogens (tertiary/aromatic N) is 1. The first-order valence-corrected chi connectivity index (χ1v) is 8.57. The maximum absolute atomic E-state index is 12.3. The number of benzene rings is 2. The fraction of sp³-hybridized carbons (Fsp3) is 0.263. The molecule has 0 spiro atoms. The largest absolute Gasteiger partial charge is 0.336 e. The van der Waals surface area contributed by atoms with Crippen LogP contribution in [0.25, 0.3) is 0 Å². The molecule has 0 saturated heterocycles. The van der Waals surface area contributed by atoms with Gasteiger partial charge in [-0.25, -0.2) is 0 Å². The quantitative estimate of drug-likeness (QED) is 0.845. The highest BCUT2D eigenvalue weighted by atomic mass is 35.5. The molecular formula is C19H20Cl2N2O2. The third kappa shape index (κ3) is 5.21. The van der Waals surface area contributed by atoms with Crippen molar-refractivity contribution in [2.75, 3.05) is 18.9 Å². The van der Waals surface area contributed by atoms with Crippen LogP contribution in [0.2, 0.25) is 10.0 Å². The van der Waals surface area contributed by atoms with E-state index in [4.69, 9.17) is 23.2 Å². The Hall–Kier alpha value is -2.04. The van der Waals surface area contributed by atoms with E-state index in [2.05, 4.69) is 5.32 Å². The minimum Gasteiger partial charge on any atom is -0.336 e. The van der Waals surface area contributed by atoms with Gasteiger partial charge in [-0.1, -0.05) is 47.5 Å². The van der Waals surface area contributed by atoms with Gasteiger partial charge in [-0.3, -0.25) is 9.59 Å². The van der Waals surface area contributed by atoms with Crippen LogP contribution in [-0.2, 0) is 16.0 Å². The molecule has 0 atom stereocenters. The molecule has 2 rings (SSSR count). The summed E-state index contributed by atoms with van der Waals surface area (Å²) in [4.78, 5) is 26.0. The first kappa shape index (κ1) is 19.3. The maximum Gasteiger partial charge on any atom is 0.243 e. The zero-order valence-corrected chi connectivity index (χ0v) is 15.9. The molecule has 0 bridgehead atoms. The molecule has 0 saturated carbocycles. The van der Waals surface area contributed by atoms with E-state index in [1.165, 1.54) is 4.90 Å². The smallest absolute Gasteiger partial charge is 0.243 e. The normalized spacial score (nSPS) is 10.4. The maximum atomic E-state index is 12.3. The molecule has 25 heavy (non-hydrogen) atoms. The van der Waals surface area contributed by atoms with Crippen molar-refractivity contribution < 1.29 is 9.59 Å². The van der Waals surface area contributed by atoms with Crippen LogP contribution in [0.4, 0.5) is 5.69 Å². The lowest BCUT2D eigenvalue weighted by Gasteiger charge is -2.18. The molecule has 0 fully saturated rings. The van der Waals surface area contributed by atoms with E-state index in [1.54, 1.807) is 25.2 Å². The van der Waals surface area contributed by atoms with Crippen molar-refractivity contribution in [2.45, 2.75) is 20.3 Å². The predicted octanol–water partition coefficient (Wildman–Crippen LogP) is 4.25. The molecule has 2 aromatic rings. The fourth-order valence-corrected chi connectivity index (χ4v) is 2.93. The summed E-state index contributed by atoms with van der Waals surface area (Å²) in [6, 6.07) is 10.8. The Morgan fingerprint density at radius 2 is 1.72 bits per heavy atom. The number of anilines is 1. The number of amides is 2. The van der Waals surface area contributed by atoms with Crippen molar-refractivity contribution >= 4 is 40.7 Å². The molecule has 0 unspecified atom stereocenters. The molecule has 0 radical (unpaired) electrons. The summed E-state index contributed by atoms with van der Waals surface area (Å²) in [6.45, 7) is 3.83. The summed E-state index contributed by atoms with van der Waals surface area (Å²) >= 11 is 11.9. The van der Waals surface area contributed by atoms with Crippen LogP contribution >= 0.6 is 23.2 Å². The number of likely N-dealkylation sites (N-methyl/N-ethyl adjacent to an activating group) is 1. The lowest BCUT2D eigenvalue weighted by molar-refractivity contribution is -0.132. The number of hydrogen-bond acceptors (Lipinski definition) is 2. The van der Waals surface area contributed by atoms with Crippen LogP contribution in [-0.4, -0.2) is 30.3 Å². The van der Waals surface area contributed by atoms with Gasteiger partial charge < -0.3 is 10.2 Å². The van der Waals surface area contributed by atoms with Crippen molar-refractivity contribution in [3.8, 4) is 0 Å². The Labute approximate surface area is 157 Å². The number of nitrogens with one attached hydrogen (secondary N) is 1. The number of halogens is 2.